The van der Waals surface area contributed by atoms with Crippen molar-refractivity contribution in [3.8, 4) is 22.5 Å². The molecular formula is C39H28N2. The average molecular weight is 525 g/mol. The van der Waals surface area contributed by atoms with Crippen molar-refractivity contribution in [2.75, 3.05) is 0 Å². The zero-order valence-electron chi connectivity index (χ0n) is 23.1. The molecule has 0 bridgehead atoms. The first-order chi connectivity index (χ1) is 20.1. The SMILES string of the molecule is CC1(C)c2ccccc2-c2ccc(-n3c4ccccc4c4ccccc43)c(-n3c4ccccc4c4ccccc43)c21. The molecule has 1 aliphatic rings. The van der Waals surface area contributed by atoms with Crippen LogP contribution in [0.2, 0.25) is 0 Å². The van der Waals surface area contributed by atoms with Crippen molar-refractivity contribution in [1.29, 1.82) is 0 Å². The predicted octanol–water partition coefficient (Wildman–Crippen LogP) is 10.2. The Bertz CT molecular complexity index is 2240. The van der Waals surface area contributed by atoms with Gasteiger partial charge in [-0.3, -0.25) is 0 Å². The van der Waals surface area contributed by atoms with E-state index in [1.165, 1.54) is 77.2 Å². The Kier molecular flexibility index (Phi) is 4.42. The third kappa shape index (κ3) is 2.87. The highest BCUT2D eigenvalue weighted by atomic mass is 15.1. The molecule has 0 saturated carbocycles. The molecule has 0 spiro atoms. The maximum atomic E-state index is 2.54. The topological polar surface area (TPSA) is 9.86 Å². The van der Waals surface area contributed by atoms with Crippen molar-refractivity contribution in [3.63, 3.8) is 0 Å². The second-order valence-electron chi connectivity index (χ2n) is 11.8. The molecule has 0 atom stereocenters. The number of hydrogen-bond acceptors (Lipinski definition) is 0. The van der Waals surface area contributed by atoms with E-state index in [0.717, 1.165) is 0 Å². The summed E-state index contributed by atoms with van der Waals surface area (Å²) in [7, 11) is 0. The molecule has 2 heteroatoms. The third-order valence-electron chi connectivity index (χ3n) is 9.30. The Morgan fingerprint density at radius 2 is 0.854 bits per heavy atom. The van der Waals surface area contributed by atoms with Gasteiger partial charge in [-0.1, -0.05) is 117 Å². The molecule has 2 heterocycles. The van der Waals surface area contributed by atoms with Gasteiger partial charge in [-0.2, -0.15) is 0 Å². The van der Waals surface area contributed by atoms with Crippen LogP contribution in [0.15, 0.2) is 133 Å². The Morgan fingerprint density at radius 3 is 1.39 bits per heavy atom. The van der Waals surface area contributed by atoms with E-state index in [0.29, 0.717) is 0 Å². The number of fused-ring (bicyclic) bond motifs is 9. The molecule has 9 rings (SSSR count). The standard InChI is InChI=1S/C39H28N2/c1-39(2)31-18-8-3-13-25(31)30-23-24-36(40-32-19-9-4-14-26(32)27-15-5-10-20-33(27)40)38(37(30)39)41-34-21-11-6-16-28(34)29-17-7-12-22-35(29)41/h3-24H,1-2H3. The number of aromatic nitrogens is 2. The van der Waals surface area contributed by atoms with Crippen LogP contribution < -0.4 is 0 Å². The van der Waals surface area contributed by atoms with Gasteiger partial charge in [0.15, 0.2) is 0 Å². The van der Waals surface area contributed by atoms with Gasteiger partial charge in [0.1, 0.15) is 0 Å². The molecule has 0 unspecified atom stereocenters. The summed E-state index contributed by atoms with van der Waals surface area (Å²) in [6, 6.07) is 49.0. The smallest absolute Gasteiger partial charge is 0.0750 e. The molecule has 0 aliphatic heterocycles. The zero-order chi connectivity index (χ0) is 27.3. The highest BCUT2D eigenvalue weighted by Gasteiger charge is 2.39. The van der Waals surface area contributed by atoms with E-state index in [1.54, 1.807) is 0 Å². The van der Waals surface area contributed by atoms with Crippen LogP contribution in [0.5, 0.6) is 0 Å². The molecule has 0 fully saturated rings. The van der Waals surface area contributed by atoms with Crippen LogP contribution in [0.25, 0.3) is 66.1 Å². The molecule has 194 valence electrons. The fourth-order valence-electron chi connectivity index (χ4n) is 7.59. The Hall–Kier alpha value is -5.08. The first-order valence-corrected chi connectivity index (χ1v) is 14.4. The van der Waals surface area contributed by atoms with Crippen LogP contribution in [0, 0.1) is 0 Å². The lowest BCUT2D eigenvalue weighted by Crippen LogP contribution is -2.19. The van der Waals surface area contributed by atoms with Gasteiger partial charge in [0.25, 0.3) is 0 Å². The van der Waals surface area contributed by atoms with Crippen LogP contribution in [0.3, 0.4) is 0 Å². The van der Waals surface area contributed by atoms with Crippen LogP contribution in [-0.4, -0.2) is 9.13 Å². The molecule has 0 amide bonds. The largest absolute Gasteiger partial charge is 0.307 e. The van der Waals surface area contributed by atoms with E-state index in [-0.39, 0.29) is 5.41 Å². The van der Waals surface area contributed by atoms with E-state index in [9.17, 15) is 0 Å². The summed E-state index contributed by atoms with van der Waals surface area (Å²) >= 11 is 0. The monoisotopic (exact) mass is 524 g/mol. The molecule has 0 N–H and O–H groups in total. The number of nitrogens with zero attached hydrogens (tertiary/aromatic N) is 2. The first kappa shape index (κ1) is 22.7. The third-order valence-corrected chi connectivity index (χ3v) is 9.30. The number of hydrogen-bond donors (Lipinski definition) is 0. The molecule has 41 heavy (non-hydrogen) atoms. The van der Waals surface area contributed by atoms with Gasteiger partial charge in [-0.05, 0) is 52.6 Å². The lowest BCUT2D eigenvalue weighted by Gasteiger charge is -2.28. The molecular weight excluding hydrogens is 496 g/mol. The maximum Gasteiger partial charge on any atom is 0.0750 e. The second kappa shape index (κ2) is 7.99. The van der Waals surface area contributed by atoms with Crippen molar-refractivity contribution in [2.24, 2.45) is 0 Å². The van der Waals surface area contributed by atoms with Gasteiger partial charge in [-0.25, -0.2) is 0 Å². The highest BCUT2D eigenvalue weighted by Crippen LogP contribution is 2.53. The summed E-state index contributed by atoms with van der Waals surface area (Å²) in [5.41, 5.74) is 12.6. The van der Waals surface area contributed by atoms with Crippen LogP contribution in [0.4, 0.5) is 0 Å². The van der Waals surface area contributed by atoms with Crippen molar-refractivity contribution in [2.45, 2.75) is 19.3 Å². The van der Waals surface area contributed by atoms with E-state index in [1.807, 2.05) is 0 Å². The number of benzene rings is 6. The normalized spacial score (nSPS) is 13.8. The molecule has 2 aromatic heterocycles. The summed E-state index contributed by atoms with van der Waals surface area (Å²) in [6.07, 6.45) is 0. The molecule has 6 aromatic carbocycles. The molecule has 1 aliphatic carbocycles. The highest BCUT2D eigenvalue weighted by molar-refractivity contribution is 6.12. The summed E-state index contributed by atoms with van der Waals surface area (Å²) in [5.74, 6) is 0. The van der Waals surface area contributed by atoms with E-state index in [4.69, 9.17) is 0 Å². The quantitative estimate of drug-likeness (QED) is 0.213. The summed E-state index contributed by atoms with van der Waals surface area (Å²) in [5, 5.41) is 5.11. The molecule has 8 aromatic rings. The minimum absolute atomic E-state index is 0.178. The molecule has 0 radical (unpaired) electrons. The van der Waals surface area contributed by atoms with Gasteiger partial charge in [0.2, 0.25) is 0 Å². The van der Waals surface area contributed by atoms with Gasteiger partial charge in [0.05, 0.1) is 33.4 Å². The van der Waals surface area contributed by atoms with Crippen molar-refractivity contribution < 1.29 is 0 Å². The van der Waals surface area contributed by atoms with Gasteiger partial charge < -0.3 is 9.13 Å². The minimum Gasteiger partial charge on any atom is -0.307 e. The molecule has 0 saturated heterocycles. The average Bonchev–Trinajstić information content (AvgIpc) is 3.61. The lowest BCUT2D eigenvalue weighted by atomic mass is 9.81. The van der Waals surface area contributed by atoms with E-state index < -0.39 is 0 Å². The van der Waals surface area contributed by atoms with Gasteiger partial charge >= 0.3 is 0 Å². The predicted molar refractivity (Wildman–Crippen MR) is 173 cm³/mol. The zero-order valence-corrected chi connectivity index (χ0v) is 23.1. The summed E-state index contributed by atoms with van der Waals surface area (Å²) in [4.78, 5) is 0. The number of rotatable bonds is 2. The van der Waals surface area contributed by atoms with E-state index >= 15 is 0 Å². The van der Waals surface area contributed by atoms with Crippen LogP contribution >= 0.6 is 0 Å². The number of para-hydroxylation sites is 4. The Labute approximate surface area is 238 Å². The minimum atomic E-state index is -0.178. The molecule has 2 nitrogen and oxygen atoms in total. The summed E-state index contributed by atoms with van der Waals surface area (Å²) < 4.78 is 5.03. The van der Waals surface area contributed by atoms with Gasteiger partial charge in [-0.15, -0.1) is 0 Å². The van der Waals surface area contributed by atoms with Crippen molar-refractivity contribution in [3.05, 3.63) is 145 Å². The Balaban J connectivity index is 1.54. The fourth-order valence-corrected chi connectivity index (χ4v) is 7.59. The fraction of sp³-hybridized carbons (Fsp3) is 0.0769. The maximum absolute atomic E-state index is 2.54. The lowest BCUT2D eigenvalue weighted by molar-refractivity contribution is 0.656. The van der Waals surface area contributed by atoms with Gasteiger partial charge in [0, 0.05) is 27.0 Å². The van der Waals surface area contributed by atoms with E-state index in [2.05, 4.69) is 156 Å². The van der Waals surface area contributed by atoms with Crippen LogP contribution in [-0.2, 0) is 5.41 Å². The first-order valence-electron chi connectivity index (χ1n) is 14.4. The van der Waals surface area contributed by atoms with Crippen molar-refractivity contribution in [1.82, 2.24) is 9.13 Å². The van der Waals surface area contributed by atoms with Crippen molar-refractivity contribution >= 4 is 43.6 Å². The Morgan fingerprint density at radius 1 is 0.415 bits per heavy atom. The summed E-state index contributed by atoms with van der Waals surface area (Å²) in [6.45, 7) is 4.79. The van der Waals surface area contributed by atoms with Crippen LogP contribution in [0.1, 0.15) is 25.0 Å². The second-order valence-corrected chi connectivity index (χ2v) is 11.8.